The van der Waals surface area contributed by atoms with Gasteiger partial charge in [-0.15, -0.1) is 0 Å². The maximum Gasteiger partial charge on any atom is 0.472 e. The summed E-state index contributed by atoms with van der Waals surface area (Å²) in [6.07, 6.45) is 98.0. The van der Waals surface area contributed by atoms with Crippen LogP contribution in [-0.2, 0) is 32.7 Å². The van der Waals surface area contributed by atoms with Gasteiger partial charge in [-0.25, -0.2) is 4.57 Å². The van der Waals surface area contributed by atoms with E-state index in [0.29, 0.717) is 23.9 Å². The van der Waals surface area contributed by atoms with Crippen LogP contribution >= 0.6 is 7.82 Å². The van der Waals surface area contributed by atoms with Crippen molar-refractivity contribution >= 4 is 19.8 Å². The molecule has 9 nitrogen and oxygen atoms in total. The second kappa shape index (κ2) is 73.0. The van der Waals surface area contributed by atoms with Gasteiger partial charge in [0.2, 0.25) is 0 Å². The summed E-state index contributed by atoms with van der Waals surface area (Å²) >= 11 is 0. The predicted octanol–water partition coefficient (Wildman–Crippen LogP) is 26.5. The Morgan fingerprint density at radius 1 is 0.337 bits per heavy atom. The summed E-state index contributed by atoms with van der Waals surface area (Å²) < 4.78 is 34.8. The average molecular weight is 1310 g/mol. The summed E-state index contributed by atoms with van der Waals surface area (Å²) in [6.45, 7) is 4.47. The van der Waals surface area contributed by atoms with Crippen LogP contribution in [0.1, 0.15) is 399 Å². The third kappa shape index (κ3) is 76.7. The molecule has 0 aliphatic rings. The van der Waals surface area contributed by atoms with Crippen molar-refractivity contribution < 1.29 is 42.1 Å². The molecule has 0 aliphatic carbocycles. The van der Waals surface area contributed by atoms with E-state index in [1.165, 1.54) is 315 Å². The molecule has 0 heterocycles. The third-order valence-electron chi connectivity index (χ3n) is 18.0. The molecule has 0 saturated heterocycles. The highest BCUT2D eigenvalue weighted by atomic mass is 31.2. The lowest BCUT2D eigenvalue weighted by atomic mass is 10.0. The van der Waals surface area contributed by atoms with Crippen LogP contribution in [0.2, 0.25) is 0 Å². The van der Waals surface area contributed by atoms with Crippen LogP contribution in [-0.4, -0.2) is 74.9 Å². The Bertz CT molecular complexity index is 1740. The zero-order valence-electron chi connectivity index (χ0n) is 61.8. The lowest BCUT2D eigenvalue weighted by Gasteiger charge is -2.24. The minimum Gasteiger partial charge on any atom is -0.462 e. The van der Waals surface area contributed by atoms with Crippen molar-refractivity contribution in [3.05, 3.63) is 60.8 Å². The maximum atomic E-state index is 12.9. The number of rotatable bonds is 75. The zero-order chi connectivity index (χ0) is 66.9. The van der Waals surface area contributed by atoms with Crippen LogP contribution in [0.3, 0.4) is 0 Å². The van der Waals surface area contributed by atoms with Gasteiger partial charge < -0.3 is 18.9 Å². The highest BCUT2D eigenvalue weighted by Crippen LogP contribution is 2.43. The van der Waals surface area contributed by atoms with Gasteiger partial charge in [-0.2, -0.15) is 0 Å². The Labute approximate surface area is 572 Å². The molecule has 1 N–H and O–H groups in total. The fourth-order valence-corrected chi connectivity index (χ4v) is 12.6. The van der Waals surface area contributed by atoms with Crippen LogP contribution in [0, 0.1) is 0 Å². The second-order valence-corrected chi connectivity index (χ2v) is 29.9. The molecular weight excluding hydrogens is 1160 g/mol. The normalized spacial score (nSPS) is 13.3. The first-order valence-corrected chi connectivity index (χ1v) is 41.5. The first-order chi connectivity index (χ1) is 45.0. The largest absolute Gasteiger partial charge is 0.472 e. The first-order valence-electron chi connectivity index (χ1n) is 40.0. The number of likely N-dealkylation sites (N-methyl/N-ethyl adjacent to an activating group) is 1. The van der Waals surface area contributed by atoms with Gasteiger partial charge in [-0.05, 0) is 83.5 Å². The number of hydrogen-bond donors (Lipinski definition) is 1. The summed E-state index contributed by atoms with van der Waals surface area (Å²) in [5.41, 5.74) is 0. The van der Waals surface area contributed by atoms with Gasteiger partial charge in [-0.1, -0.05) is 364 Å². The second-order valence-electron chi connectivity index (χ2n) is 28.4. The quantitative estimate of drug-likeness (QED) is 0.0211. The van der Waals surface area contributed by atoms with E-state index in [0.717, 1.165) is 51.4 Å². The van der Waals surface area contributed by atoms with Gasteiger partial charge in [0.1, 0.15) is 19.8 Å². The van der Waals surface area contributed by atoms with Gasteiger partial charge in [-0.3, -0.25) is 18.6 Å². The number of carbonyl (C=O) groups is 2. The summed E-state index contributed by atoms with van der Waals surface area (Å²) in [7, 11) is 1.49. The number of esters is 2. The van der Waals surface area contributed by atoms with Gasteiger partial charge in [0.05, 0.1) is 27.7 Å². The molecule has 0 fully saturated rings. The molecule has 0 rings (SSSR count). The molecule has 2 unspecified atom stereocenters. The van der Waals surface area contributed by atoms with E-state index in [9.17, 15) is 19.0 Å². The van der Waals surface area contributed by atoms with Gasteiger partial charge in [0, 0.05) is 12.8 Å². The van der Waals surface area contributed by atoms with Crippen molar-refractivity contribution in [3.63, 3.8) is 0 Å². The smallest absolute Gasteiger partial charge is 0.462 e. The molecule has 0 aromatic heterocycles. The minimum absolute atomic E-state index is 0.0329. The summed E-state index contributed by atoms with van der Waals surface area (Å²) in [5.74, 6) is -0.778. The number of unbranched alkanes of at least 4 members (excludes halogenated alkanes) is 51. The van der Waals surface area contributed by atoms with E-state index < -0.39 is 26.5 Å². The van der Waals surface area contributed by atoms with E-state index in [-0.39, 0.29) is 25.6 Å². The fraction of sp³-hybridized carbons (Fsp3) is 0.854. The molecule has 10 heteroatoms. The van der Waals surface area contributed by atoms with Gasteiger partial charge in [0.25, 0.3) is 0 Å². The molecule has 540 valence electrons. The molecule has 0 spiro atoms. The highest BCUT2D eigenvalue weighted by molar-refractivity contribution is 7.47. The van der Waals surface area contributed by atoms with Crippen LogP contribution < -0.4 is 0 Å². The molecule has 0 aromatic carbocycles. The number of carbonyl (C=O) groups excluding carboxylic acids is 2. The topological polar surface area (TPSA) is 108 Å². The number of ether oxygens (including phenoxy) is 2. The third-order valence-corrected chi connectivity index (χ3v) is 19.0. The molecule has 2 atom stereocenters. The lowest BCUT2D eigenvalue weighted by molar-refractivity contribution is -0.870. The summed E-state index contributed by atoms with van der Waals surface area (Å²) in [6, 6.07) is 0. The molecule has 0 radical (unpaired) electrons. The minimum atomic E-state index is -4.39. The maximum absolute atomic E-state index is 12.9. The average Bonchev–Trinajstić information content (AvgIpc) is 2.14. The summed E-state index contributed by atoms with van der Waals surface area (Å²) in [5, 5.41) is 0. The van der Waals surface area contributed by atoms with Gasteiger partial charge in [0.15, 0.2) is 6.10 Å². The van der Waals surface area contributed by atoms with E-state index >= 15 is 0 Å². The Kier molecular flexibility index (Phi) is 71.2. The Morgan fingerprint density at radius 2 is 0.587 bits per heavy atom. The van der Waals surface area contributed by atoms with Crippen LogP contribution in [0.25, 0.3) is 0 Å². The number of quaternary nitrogens is 1. The highest BCUT2D eigenvalue weighted by Gasteiger charge is 2.27. The number of phosphoric acid groups is 1. The molecular formula is C82H155NO8P+. The van der Waals surface area contributed by atoms with E-state index in [4.69, 9.17) is 18.5 Å². The number of hydrogen-bond acceptors (Lipinski definition) is 7. The van der Waals surface area contributed by atoms with Crippen molar-refractivity contribution in [2.75, 3.05) is 47.5 Å². The molecule has 0 bridgehead atoms. The van der Waals surface area contributed by atoms with Crippen LogP contribution in [0.5, 0.6) is 0 Å². The van der Waals surface area contributed by atoms with Crippen LogP contribution in [0.15, 0.2) is 60.8 Å². The zero-order valence-corrected chi connectivity index (χ0v) is 62.7. The van der Waals surface area contributed by atoms with Crippen molar-refractivity contribution in [1.29, 1.82) is 0 Å². The SMILES string of the molecule is CCCCCCC/C=C\C/C=C\C/C=C\CCCCCCCCCCCCCCCCC(=O)OC(COC(=O)CCCCCCCCCCCCCCCCCCCCCCCCCCCCC/C=C\C/C=C\CCCCCCC)COP(=O)(O)OCC[N+](C)(C)C. The molecule has 0 amide bonds. The summed E-state index contributed by atoms with van der Waals surface area (Å²) in [4.78, 5) is 36.0. The van der Waals surface area contributed by atoms with Crippen molar-refractivity contribution in [2.45, 2.75) is 405 Å². The molecule has 0 aromatic rings. The number of nitrogens with zero attached hydrogens (tertiary/aromatic N) is 1. The first kappa shape index (κ1) is 89.7. The molecule has 0 saturated carbocycles. The van der Waals surface area contributed by atoms with E-state index in [1.54, 1.807) is 0 Å². The van der Waals surface area contributed by atoms with Crippen molar-refractivity contribution in [1.82, 2.24) is 0 Å². The Morgan fingerprint density at radius 3 is 0.870 bits per heavy atom. The van der Waals surface area contributed by atoms with Crippen LogP contribution in [0.4, 0.5) is 0 Å². The number of phosphoric ester groups is 1. The Balaban J connectivity index is 3.91. The van der Waals surface area contributed by atoms with Crippen molar-refractivity contribution in [2.24, 2.45) is 0 Å². The lowest BCUT2D eigenvalue weighted by Crippen LogP contribution is -2.37. The van der Waals surface area contributed by atoms with E-state index in [2.05, 4.69) is 74.6 Å². The Hall–Kier alpha value is -2.29. The molecule has 0 aliphatic heterocycles. The van der Waals surface area contributed by atoms with Crippen molar-refractivity contribution in [3.8, 4) is 0 Å². The van der Waals surface area contributed by atoms with Gasteiger partial charge >= 0.3 is 19.8 Å². The fourth-order valence-electron chi connectivity index (χ4n) is 11.9. The standard InChI is InChI=1S/C82H154NO8P/c1-6-8-10-12-14-16-18-20-22-24-26-28-30-32-34-36-37-38-39-40-41-42-43-44-45-47-48-50-52-54-56-58-60-62-64-66-68-70-72-74-81(84)88-78-80(79-90-92(86,87)89-77-76-83(3,4)5)91-82(85)75-73-71-69-67-65-63-61-59-57-55-53-51-49-46-35-33-31-29-27-25-23-21-19-17-15-13-11-9-7-2/h18-21,24-27,31,33,80H,6-17,22-23,28-30,32,34-79H2,1-5H3/p+1/b20-18-,21-19-,26-24-,27-25-,33-31-. The molecule has 92 heavy (non-hydrogen) atoms. The van der Waals surface area contributed by atoms with E-state index in [1.807, 2.05) is 21.1 Å². The monoisotopic (exact) mass is 1310 g/mol. The predicted molar refractivity (Wildman–Crippen MR) is 400 cm³/mol. The number of allylic oxidation sites excluding steroid dienone is 10.